The molecule has 0 aliphatic heterocycles. The van der Waals surface area contributed by atoms with Crippen LogP contribution in [-0.4, -0.2) is 20.4 Å². The van der Waals surface area contributed by atoms with E-state index in [1.54, 1.807) is 24.3 Å². The average Bonchev–Trinajstić information content (AvgIpc) is 2.98. The molecule has 0 fully saturated rings. The van der Waals surface area contributed by atoms with Crippen molar-refractivity contribution >= 4 is 31.9 Å². The summed E-state index contributed by atoms with van der Waals surface area (Å²) in [5, 5.41) is 2.60. The molecule has 2 N–H and O–H groups in total. The Balaban J connectivity index is 1.96. The molecule has 1 heterocycles. The molecule has 22 heavy (non-hydrogen) atoms. The zero-order valence-corrected chi connectivity index (χ0v) is 14.1. The number of furan rings is 1. The molecule has 0 aliphatic rings. The molecule has 0 bridgehead atoms. The molecule has 118 valence electrons. The Morgan fingerprint density at radius 2 is 1.95 bits per heavy atom. The van der Waals surface area contributed by atoms with Crippen LogP contribution in [0.2, 0.25) is 0 Å². The lowest BCUT2D eigenvalue weighted by atomic mass is 10.3. The van der Waals surface area contributed by atoms with Gasteiger partial charge in [0.1, 0.15) is 5.76 Å². The van der Waals surface area contributed by atoms with Crippen molar-refractivity contribution in [2.45, 2.75) is 24.4 Å². The summed E-state index contributed by atoms with van der Waals surface area (Å²) in [4.78, 5) is 12.0. The van der Waals surface area contributed by atoms with Crippen molar-refractivity contribution in [1.29, 1.82) is 0 Å². The van der Waals surface area contributed by atoms with E-state index in [1.807, 2.05) is 0 Å². The average molecular weight is 387 g/mol. The Labute approximate surface area is 137 Å². The van der Waals surface area contributed by atoms with Crippen LogP contribution in [-0.2, 0) is 21.4 Å². The fourth-order valence-electron chi connectivity index (χ4n) is 1.71. The number of benzene rings is 1. The first kappa shape index (κ1) is 16.7. The lowest BCUT2D eigenvalue weighted by molar-refractivity contribution is -0.122. The van der Waals surface area contributed by atoms with Crippen LogP contribution in [0.1, 0.15) is 12.7 Å². The molecule has 6 nitrogen and oxygen atoms in total. The normalized spacial score (nSPS) is 12.8. The van der Waals surface area contributed by atoms with Crippen molar-refractivity contribution in [1.82, 2.24) is 10.0 Å². The first-order chi connectivity index (χ1) is 10.4. The molecule has 2 rings (SSSR count). The molecule has 0 aliphatic carbocycles. The number of amides is 1. The lowest BCUT2D eigenvalue weighted by Gasteiger charge is -2.14. The number of sulfonamides is 1. The zero-order valence-electron chi connectivity index (χ0n) is 11.7. The summed E-state index contributed by atoms with van der Waals surface area (Å²) in [5.41, 5.74) is 0. The number of halogens is 1. The van der Waals surface area contributed by atoms with Crippen molar-refractivity contribution in [2.24, 2.45) is 0 Å². The fraction of sp³-hybridized carbons (Fsp3) is 0.214. The molecule has 1 amide bonds. The van der Waals surface area contributed by atoms with Crippen LogP contribution in [0.3, 0.4) is 0 Å². The topological polar surface area (TPSA) is 88.4 Å². The second-order valence-electron chi connectivity index (χ2n) is 4.59. The Morgan fingerprint density at radius 1 is 1.27 bits per heavy atom. The van der Waals surface area contributed by atoms with E-state index in [2.05, 4.69) is 26.0 Å². The van der Waals surface area contributed by atoms with Crippen molar-refractivity contribution in [2.75, 3.05) is 0 Å². The van der Waals surface area contributed by atoms with Gasteiger partial charge >= 0.3 is 0 Å². The minimum Gasteiger partial charge on any atom is -0.467 e. The molecule has 1 aromatic heterocycles. The molecule has 0 unspecified atom stereocenters. The number of hydrogen-bond donors (Lipinski definition) is 2. The maximum atomic E-state index is 12.2. The molecule has 8 heteroatoms. The van der Waals surface area contributed by atoms with Gasteiger partial charge in [-0.15, -0.1) is 0 Å². The Hall–Kier alpha value is -1.64. The van der Waals surface area contributed by atoms with Gasteiger partial charge in [-0.25, -0.2) is 8.42 Å². The summed E-state index contributed by atoms with van der Waals surface area (Å²) >= 11 is 3.24. The molecule has 1 atom stereocenters. The molecular formula is C14H15BrN2O4S. The Kier molecular flexibility index (Phi) is 5.38. The number of rotatable bonds is 6. The first-order valence-corrected chi connectivity index (χ1v) is 8.74. The maximum absolute atomic E-state index is 12.2. The Morgan fingerprint density at radius 3 is 2.55 bits per heavy atom. The molecular weight excluding hydrogens is 372 g/mol. The summed E-state index contributed by atoms with van der Waals surface area (Å²) in [6.45, 7) is 1.68. The van der Waals surface area contributed by atoms with Gasteiger partial charge in [-0.1, -0.05) is 15.9 Å². The zero-order chi connectivity index (χ0) is 16.2. The van der Waals surface area contributed by atoms with Gasteiger partial charge < -0.3 is 9.73 Å². The Bertz CT molecular complexity index is 727. The van der Waals surface area contributed by atoms with E-state index >= 15 is 0 Å². The van der Waals surface area contributed by atoms with Crippen LogP contribution in [0.25, 0.3) is 0 Å². The van der Waals surface area contributed by atoms with E-state index < -0.39 is 22.0 Å². The highest BCUT2D eigenvalue weighted by molar-refractivity contribution is 9.10. The quantitative estimate of drug-likeness (QED) is 0.794. The van der Waals surface area contributed by atoms with Crippen LogP contribution in [0, 0.1) is 0 Å². The van der Waals surface area contributed by atoms with E-state index in [1.165, 1.54) is 25.3 Å². The van der Waals surface area contributed by atoms with Crippen LogP contribution in [0.5, 0.6) is 0 Å². The van der Waals surface area contributed by atoms with Crippen molar-refractivity contribution in [3.8, 4) is 0 Å². The molecule has 0 saturated carbocycles. The third-order valence-corrected chi connectivity index (χ3v) is 4.95. The number of hydrogen-bond acceptors (Lipinski definition) is 4. The minimum atomic E-state index is -3.75. The van der Waals surface area contributed by atoms with Gasteiger partial charge in [-0.3, -0.25) is 4.79 Å². The van der Waals surface area contributed by atoms with Gasteiger partial charge in [0, 0.05) is 4.47 Å². The second-order valence-corrected chi connectivity index (χ2v) is 7.22. The van der Waals surface area contributed by atoms with Gasteiger partial charge in [-0.05, 0) is 43.3 Å². The summed E-state index contributed by atoms with van der Waals surface area (Å²) in [5.74, 6) is 0.161. The third kappa shape index (κ3) is 4.43. The SMILES string of the molecule is C[C@H](NS(=O)(=O)c1ccc(Br)cc1)C(=O)NCc1ccco1. The highest BCUT2D eigenvalue weighted by Gasteiger charge is 2.21. The standard InChI is InChI=1S/C14H15BrN2O4S/c1-10(14(18)16-9-12-3-2-8-21-12)17-22(19,20)13-6-4-11(15)5-7-13/h2-8,10,17H,9H2,1H3,(H,16,18)/t10-/m0/s1. The summed E-state index contributed by atoms with van der Waals surface area (Å²) < 4.78 is 32.5. The van der Waals surface area contributed by atoms with E-state index in [-0.39, 0.29) is 11.4 Å². The second kappa shape index (κ2) is 7.08. The van der Waals surface area contributed by atoms with Crippen molar-refractivity contribution in [3.63, 3.8) is 0 Å². The van der Waals surface area contributed by atoms with E-state index in [0.717, 1.165) is 4.47 Å². The van der Waals surface area contributed by atoms with Gasteiger partial charge in [0.25, 0.3) is 0 Å². The van der Waals surface area contributed by atoms with Crippen LogP contribution in [0.15, 0.2) is 56.4 Å². The lowest BCUT2D eigenvalue weighted by Crippen LogP contribution is -2.44. The van der Waals surface area contributed by atoms with E-state index in [4.69, 9.17) is 4.42 Å². The van der Waals surface area contributed by atoms with Crippen molar-refractivity contribution in [3.05, 3.63) is 52.9 Å². The fourth-order valence-corrected chi connectivity index (χ4v) is 3.18. The van der Waals surface area contributed by atoms with Crippen LogP contribution < -0.4 is 10.0 Å². The predicted octanol–water partition coefficient (Wildman–Crippen LogP) is 2.03. The van der Waals surface area contributed by atoms with Crippen LogP contribution >= 0.6 is 15.9 Å². The van der Waals surface area contributed by atoms with E-state index in [9.17, 15) is 13.2 Å². The highest BCUT2D eigenvalue weighted by atomic mass is 79.9. The molecule has 2 aromatic rings. The molecule has 0 saturated heterocycles. The maximum Gasteiger partial charge on any atom is 0.241 e. The number of carbonyl (C=O) groups is 1. The molecule has 1 aromatic carbocycles. The first-order valence-electron chi connectivity index (χ1n) is 6.46. The summed E-state index contributed by atoms with van der Waals surface area (Å²) in [6, 6.07) is 8.69. The van der Waals surface area contributed by atoms with Gasteiger partial charge in [-0.2, -0.15) is 4.72 Å². The smallest absolute Gasteiger partial charge is 0.241 e. The molecule has 0 radical (unpaired) electrons. The minimum absolute atomic E-state index is 0.0985. The molecule has 0 spiro atoms. The van der Waals surface area contributed by atoms with Gasteiger partial charge in [0.15, 0.2) is 0 Å². The predicted molar refractivity (Wildman–Crippen MR) is 84.5 cm³/mol. The largest absolute Gasteiger partial charge is 0.467 e. The van der Waals surface area contributed by atoms with Gasteiger partial charge in [0.05, 0.1) is 23.7 Å². The monoisotopic (exact) mass is 386 g/mol. The van der Waals surface area contributed by atoms with Crippen LogP contribution in [0.4, 0.5) is 0 Å². The number of nitrogens with one attached hydrogen (secondary N) is 2. The highest BCUT2D eigenvalue weighted by Crippen LogP contribution is 2.14. The van der Waals surface area contributed by atoms with Gasteiger partial charge in [0.2, 0.25) is 15.9 Å². The number of carbonyl (C=O) groups excluding carboxylic acids is 1. The van der Waals surface area contributed by atoms with E-state index in [0.29, 0.717) is 5.76 Å². The summed E-state index contributed by atoms with van der Waals surface area (Å²) in [7, 11) is -3.75. The summed E-state index contributed by atoms with van der Waals surface area (Å²) in [6.07, 6.45) is 1.50. The van der Waals surface area contributed by atoms with Crippen molar-refractivity contribution < 1.29 is 17.6 Å². The third-order valence-electron chi connectivity index (χ3n) is 2.87.